The van der Waals surface area contributed by atoms with Crippen LogP contribution >= 0.6 is 0 Å². The topological polar surface area (TPSA) is 110 Å². The number of carboxylic acids is 1. The van der Waals surface area contributed by atoms with E-state index in [0.717, 1.165) is 5.56 Å². The quantitative estimate of drug-likeness (QED) is 0.764. The molecule has 0 bridgehead atoms. The highest BCUT2D eigenvalue weighted by atomic mass is 16.4. The summed E-state index contributed by atoms with van der Waals surface area (Å²) < 4.78 is 1.56. The number of amides is 1. The molecule has 0 atom stereocenters. The molecule has 4 N–H and O–H groups in total. The van der Waals surface area contributed by atoms with Crippen molar-refractivity contribution in [2.45, 2.75) is 13.5 Å². The number of nitrogens with one attached hydrogen (secondary N) is 1. The van der Waals surface area contributed by atoms with E-state index in [1.165, 1.54) is 12.1 Å². The lowest BCUT2D eigenvalue weighted by atomic mass is 10.1. The predicted octanol–water partition coefficient (Wildman–Crippen LogP) is 1.14. The maximum atomic E-state index is 11.5. The van der Waals surface area contributed by atoms with Gasteiger partial charge in [0.2, 0.25) is 0 Å². The van der Waals surface area contributed by atoms with E-state index >= 15 is 0 Å². The van der Waals surface area contributed by atoms with Gasteiger partial charge in [-0.2, -0.15) is 5.10 Å². The highest BCUT2D eigenvalue weighted by Crippen LogP contribution is 2.19. The average molecular weight is 288 g/mol. The Morgan fingerprint density at radius 1 is 1.33 bits per heavy atom. The Kier molecular flexibility index (Phi) is 3.93. The molecule has 1 amide bonds. The van der Waals surface area contributed by atoms with E-state index in [0.29, 0.717) is 23.6 Å². The number of aromatic nitrogens is 2. The Morgan fingerprint density at radius 3 is 2.48 bits per heavy atom. The molecule has 0 fully saturated rings. The van der Waals surface area contributed by atoms with Crippen LogP contribution in [0, 0.1) is 6.92 Å². The maximum Gasteiger partial charge on any atom is 0.335 e. The van der Waals surface area contributed by atoms with Gasteiger partial charge < -0.3 is 16.2 Å². The molecule has 0 aliphatic heterocycles. The molecule has 0 saturated heterocycles. The molecule has 2 aromatic rings. The van der Waals surface area contributed by atoms with Gasteiger partial charge >= 0.3 is 5.97 Å². The molecule has 1 heterocycles. The minimum absolute atomic E-state index is 0.230. The molecule has 110 valence electrons. The van der Waals surface area contributed by atoms with Crippen molar-refractivity contribution in [3.63, 3.8) is 0 Å². The van der Waals surface area contributed by atoms with Gasteiger partial charge in [-0.3, -0.25) is 9.48 Å². The van der Waals surface area contributed by atoms with E-state index in [9.17, 15) is 9.59 Å². The number of aromatic carboxylic acids is 1. The third-order valence-corrected chi connectivity index (χ3v) is 3.13. The number of carbonyl (C=O) groups excluding carboxylic acids is 1. The zero-order valence-corrected chi connectivity index (χ0v) is 11.8. The van der Waals surface area contributed by atoms with Crippen LogP contribution in [0.1, 0.15) is 32.0 Å². The van der Waals surface area contributed by atoms with Crippen molar-refractivity contribution in [1.82, 2.24) is 9.78 Å². The van der Waals surface area contributed by atoms with E-state index in [1.54, 1.807) is 30.8 Å². The van der Waals surface area contributed by atoms with E-state index in [-0.39, 0.29) is 5.56 Å². The summed E-state index contributed by atoms with van der Waals surface area (Å²) in [6, 6.07) is 6.49. The summed E-state index contributed by atoms with van der Waals surface area (Å²) in [7, 11) is 1.72. The third kappa shape index (κ3) is 3.02. The number of primary amides is 1. The zero-order valence-electron chi connectivity index (χ0n) is 11.8. The fraction of sp³-hybridized carbons (Fsp3) is 0.214. The minimum atomic E-state index is -0.965. The predicted molar refractivity (Wildman–Crippen MR) is 77.2 cm³/mol. The van der Waals surface area contributed by atoms with Crippen LogP contribution in [0.3, 0.4) is 0 Å². The van der Waals surface area contributed by atoms with Crippen LogP contribution in [0.2, 0.25) is 0 Å². The Bertz CT molecular complexity index is 689. The molecule has 1 aromatic heterocycles. The van der Waals surface area contributed by atoms with Crippen molar-refractivity contribution in [2.75, 3.05) is 5.32 Å². The Balaban J connectivity index is 2.16. The lowest BCUT2D eigenvalue weighted by Gasteiger charge is -2.08. The fourth-order valence-electron chi connectivity index (χ4n) is 2.11. The minimum Gasteiger partial charge on any atom is -0.478 e. The lowest BCUT2D eigenvalue weighted by molar-refractivity contribution is 0.0696. The van der Waals surface area contributed by atoms with E-state index in [4.69, 9.17) is 10.8 Å². The van der Waals surface area contributed by atoms with Gasteiger partial charge in [-0.25, -0.2) is 4.79 Å². The second kappa shape index (κ2) is 5.66. The molecule has 2 rings (SSSR count). The zero-order chi connectivity index (χ0) is 15.6. The number of benzene rings is 1. The van der Waals surface area contributed by atoms with Gasteiger partial charge in [0, 0.05) is 13.6 Å². The Morgan fingerprint density at radius 2 is 1.95 bits per heavy atom. The summed E-state index contributed by atoms with van der Waals surface area (Å²) >= 11 is 0. The molecule has 1 aromatic carbocycles. The lowest BCUT2D eigenvalue weighted by Crippen LogP contribution is -2.15. The summed E-state index contributed by atoms with van der Waals surface area (Å²) in [6.07, 6.45) is 0. The molecule has 7 nitrogen and oxygen atoms in total. The van der Waals surface area contributed by atoms with Gasteiger partial charge in [-0.05, 0) is 24.6 Å². The SMILES string of the molecule is Cc1nn(C)c(NCc2ccc(C(=O)O)cc2)c1C(N)=O. The van der Waals surface area contributed by atoms with E-state index in [1.807, 2.05) is 0 Å². The van der Waals surface area contributed by atoms with Crippen molar-refractivity contribution in [2.24, 2.45) is 12.8 Å². The molecular weight excluding hydrogens is 272 g/mol. The Labute approximate surface area is 121 Å². The standard InChI is InChI=1S/C14H16N4O3/c1-8-11(12(15)19)13(18(2)17-8)16-7-9-3-5-10(6-4-9)14(20)21/h3-6,16H,7H2,1-2H3,(H2,15,19)(H,20,21). The summed E-state index contributed by atoms with van der Waals surface area (Å²) in [4.78, 5) is 22.2. The summed E-state index contributed by atoms with van der Waals surface area (Å²) in [5.74, 6) is -0.959. The van der Waals surface area contributed by atoms with Crippen molar-refractivity contribution >= 4 is 17.7 Å². The number of nitrogens with zero attached hydrogens (tertiary/aromatic N) is 2. The number of anilines is 1. The number of rotatable bonds is 5. The fourth-order valence-corrected chi connectivity index (χ4v) is 2.11. The number of aryl methyl sites for hydroxylation is 2. The van der Waals surface area contributed by atoms with Crippen LogP contribution in [-0.4, -0.2) is 26.8 Å². The largest absolute Gasteiger partial charge is 0.478 e. The molecule has 0 unspecified atom stereocenters. The van der Waals surface area contributed by atoms with Gasteiger partial charge in [-0.15, -0.1) is 0 Å². The average Bonchev–Trinajstić information content (AvgIpc) is 2.71. The third-order valence-electron chi connectivity index (χ3n) is 3.13. The van der Waals surface area contributed by atoms with Crippen molar-refractivity contribution in [3.05, 3.63) is 46.6 Å². The number of hydrogen-bond acceptors (Lipinski definition) is 4. The molecule has 0 radical (unpaired) electrons. The van der Waals surface area contributed by atoms with Crippen molar-refractivity contribution < 1.29 is 14.7 Å². The first-order valence-corrected chi connectivity index (χ1v) is 6.29. The van der Waals surface area contributed by atoms with E-state index in [2.05, 4.69) is 10.4 Å². The molecular formula is C14H16N4O3. The normalized spacial score (nSPS) is 10.4. The van der Waals surface area contributed by atoms with Crippen LogP contribution in [0.15, 0.2) is 24.3 Å². The van der Waals surface area contributed by atoms with E-state index < -0.39 is 11.9 Å². The molecule has 0 aliphatic carbocycles. The molecule has 0 spiro atoms. The van der Waals surface area contributed by atoms with Crippen LogP contribution < -0.4 is 11.1 Å². The first kappa shape index (κ1) is 14.6. The van der Waals surface area contributed by atoms with Gasteiger partial charge in [-0.1, -0.05) is 12.1 Å². The highest BCUT2D eigenvalue weighted by Gasteiger charge is 2.17. The summed E-state index contributed by atoms with van der Waals surface area (Å²) in [6.45, 7) is 2.14. The van der Waals surface area contributed by atoms with Crippen LogP contribution in [0.25, 0.3) is 0 Å². The van der Waals surface area contributed by atoms with Crippen molar-refractivity contribution in [3.8, 4) is 0 Å². The second-order valence-corrected chi connectivity index (χ2v) is 4.65. The number of hydrogen-bond donors (Lipinski definition) is 3. The first-order valence-electron chi connectivity index (χ1n) is 6.29. The molecule has 7 heteroatoms. The summed E-state index contributed by atoms with van der Waals surface area (Å²) in [5.41, 5.74) is 7.39. The number of carbonyl (C=O) groups is 2. The number of nitrogens with two attached hydrogens (primary N) is 1. The maximum absolute atomic E-state index is 11.5. The van der Waals surface area contributed by atoms with Gasteiger partial charge in [0.05, 0.1) is 11.3 Å². The molecule has 0 aliphatic rings. The molecule has 0 saturated carbocycles. The van der Waals surface area contributed by atoms with Crippen LogP contribution in [-0.2, 0) is 13.6 Å². The van der Waals surface area contributed by atoms with Gasteiger partial charge in [0.25, 0.3) is 5.91 Å². The second-order valence-electron chi connectivity index (χ2n) is 4.65. The molecule has 21 heavy (non-hydrogen) atoms. The number of carboxylic acid groups (broad SMARTS) is 1. The monoisotopic (exact) mass is 288 g/mol. The Hall–Kier alpha value is -2.83. The van der Waals surface area contributed by atoms with Crippen LogP contribution in [0.5, 0.6) is 0 Å². The van der Waals surface area contributed by atoms with Gasteiger partial charge in [0.15, 0.2) is 0 Å². The van der Waals surface area contributed by atoms with Crippen molar-refractivity contribution in [1.29, 1.82) is 0 Å². The first-order chi connectivity index (χ1) is 9.90. The summed E-state index contributed by atoms with van der Waals surface area (Å²) in [5, 5.41) is 16.1. The smallest absolute Gasteiger partial charge is 0.335 e. The van der Waals surface area contributed by atoms with Gasteiger partial charge in [0.1, 0.15) is 11.4 Å². The highest BCUT2D eigenvalue weighted by molar-refractivity contribution is 5.98. The van der Waals surface area contributed by atoms with Crippen LogP contribution in [0.4, 0.5) is 5.82 Å².